The van der Waals surface area contributed by atoms with E-state index >= 15 is 0 Å². The summed E-state index contributed by atoms with van der Waals surface area (Å²) >= 11 is 3.44. The molecule has 2 N–H and O–H groups in total. The molecular formula is C15H13BrFN3. The van der Waals surface area contributed by atoms with Crippen molar-refractivity contribution in [3.05, 3.63) is 51.9 Å². The first-order valence-corrected chi connectivity index (χ1v) is 6.97. The summed E-state index contributed by atoms with van der Waals surface area (Å²) in [5.74, 6) is 0.254. The van der Waals surface area contributed by atoms with Crippen molar-refractivity contribution < 1.29 is 4.39 Å². The minimum Gasteiger partial charge on any atom is -0.383 e. The van der Waals surface area contributed by atoms with Gasteiger partial charge in [0.2, 0.25) is 0 Å². The van der Waals surface area contributed by atoms with E-state index < -0.39 is 0 Å². The number of fused-ring (bicyclic) bond motifs is 1. The fraction of sp³-hybridized carbons (Fsp3) is 0.133. The Morgan fingerprint density at radius 3 is 2.65 bits per heavy atom. The van der Waals surface area contributed by atoms with Crippen LogP contribution in [-0.2, 0) is 0 Å². The Balaban J connectivity index is 2.29. The number of aromatic nitrogens is 2. The zero-order valence-electron chi connectivity index (χ0n) is 11.1. The zero-order chi connectivity index (χ0) is 14.4. The van der Waals surface area contributed by atoms with Crippen LogP contribution in [0.3, 0.4) is 0 Å². The number of nitrogens with zero attached hydrogens (tertiary/aromatic N) is 2. The predicted molar refractivity (Wildman–Crippen MR) is 82.2 cm³/mol. The van der Waals surface area contributed by atoms with E-state index in [2.05, 4.69) is 20.9 Å². The highest BCUT2D eigenvalue weighted by molar-refractivity contribution is 9.10. The van der Waals surface area contributed by atoms with Crippen molar-refractivity contribution in [1.82, 2.24) is 9.38 Å². The summed E-state index contributed by atoms with van der Waals surface area (Å²) in [4.78, 5) is 4.54. The molecule has 0 amide bonds. The monoisotopic (exact) mass is 333 g/mol. The standard InChI is InChI=1S/C15H13BrFN3/c1-8-3-4-10(6-12(8)17)13-14(18)20-7-11(16)5-9(2)15(20)19-13/h3-7H,18H2,1-2H3. The molecule has 0 atom stereocenters. The van der Waals surface area contributed by atoms with Crippen LogP contribution in [0.4, 0.5) is 10.2 Å². The molecule has 0 unspecified atom stereocenters. The van der Waals surface area contributed by atoms with E-state index in [1.54, 1.807) is 13.0 Å². The smallest absolute Gasteiger partial charge is 0.142 e. The summed E-state index contributed by atoms with van der Waals surface area (Å²) in [5.41, 5.74) is 9.83. The van der Waals surface area contributed by atoms with E-state index in [4.69, 9.17) is 5.73 Å². The number of imidazole rings is 1. The van der Waals surface area contributed by atoms with Gasteiger partial charge in [-0.1, -0.05) is 12.1 Å². The Bertz CT molecular complexity index is 824. The minimum absolute atomic E-state index is 0.253. The van der Waals surface area contributed by atoms with Gasteiger partial charge in [0.15, 0.2) is 0 Å². The van der Waals surface area contributed by atoms with Gasteiger partial charge in [0.1, 0.15) is 23.0 Å². The summed E-state index contributed by atoms with van der Waals surface area (Å²) in [5, 5.41) is 0. The third kappa shape index (κ3) is 1.98. The van der Waals surface area contributed by atoms with Gasteiger partial charge < -0.3 is 5.73 Å². The normalized spacial score (nSPS) is 11.2. The van der Waals surface area contributed by atoms with E-state index in [0.717, 1.165) is 15.7 Å². The van der Waals surface area contributed by atoms with Crippen molar-refractivity contribution in [2.24, 2.45) is 0 Å². The molecule has 0 radical (unpaired) electrons. The number of nitrogens with two attached hydrogens (primary N) is 1. The van der Waals surface area contributed by atoms with Crippen molar-refractivity contribution in [1.29, 1.82) is 0 Å². The molecule has 0 aliphatic rings. The van der Waals surface area contributed by atoms with E-state index in [0.29, 0.717) is 22.6 Å². The second-order valence-corrected chi connectivity index (χ2v) is 5.76. The Morgan fingerprint density at radius 1 is 1.20 bits per heavy atom. The quantitative estimate of drug-likeness (QED) is 0.728. The molecule has 0 aliphatic heterocycles. The van der Waals surface area contributed by atoms with E-state index in [9.17, 15) is 4.39 Å². The zero-order valence-corrected chi connectivity index (χ0v) is 12.7. The molecule has 0 saturated carbocycles. The van der Waals surface area contributed by atoms with Crippen molar-refractivity contribution in [3.8, 4) is 11.3 Å². The van der Waals surface area contributed by atoms with E-state index in [-0.39, 0.29) is 5.82 Å². The molecule has 2 heterocycles. The van der Waals surface area contributed by atoms with Crippen molar-refractivity contribution >= 4 is 27.4 Å². The third-order valence-electron chi connectivity index (χ3n) is 3.35. The highest BCUT2D eigenvalue weighted by Crippen LogP contribution is 2.30. The lowest BCUT2D eigenvalue weighted by molar-refractivity contribution is 0.619. The van der Waals surface area contributed by atoms with E-state index in [1.807, 2.05) is 29.7 Å². The van der Waals surface area contributed by atoms with Gasteiger partial charge in [-0.2, -0.15) is 0 Å². The van der Waals surface area contributed by atoms with Gasteiger partial charge in [0.25, 0.3) is 0 Å². The second-order valence-electron chi connectivity index (χ2n) is 4.84. The van der Waals surface area contributed by atoms with Crippen LogP contribution in [0.5, 0.6) is 0 Å². The molecule has 3 rings (SSSR count). The Morgan fingerprint density at radius 2 is 1.95 bits per heavy atom. The number of halogens is 2. The number of aryl methyl sites for hydroxylation is 2. The summed E-state index contributed by atoms with van der Waals surface area (Å²) in [6.07, 6.45) is 1.86. The predicted octanol–water partition coefficient (Wildman–Crippen LogP) is 4.10. The van der Waals surface area contributed by atoms with Crippen LogP contribution < -0.4 is 5.73 Å². The van der Waals surface area contributed by atoms with Gasteiger partial charge in [-0.05, 0) is 53.0 Å². The van der Waals surface area contributed by atoms with Gasteiger partial charge in [-0.15, -0.1) is 0 Å². The Hall–Kier alpha value is -1.88. The molecule has 0 spiro atoms. The number of pyridine rings is 1. The van der Waals surface area contributed by atoms with Crippen LogP contribution in [0.15, 0.2) is 34.9 Å². The van der Waals surface area contributed by atoms with Gasteiger partial charge in [-0.3, -0.25) is 4.40 Å². The second kappa shape index (κ2) is 4.59. The molecule has 102 valence electrons. The lowest BCUT2D eigenvalue weighted by Crippen LogP contribution is -1.95. The lowest BCUT2D eigenvalue weighted by atomic mass is 10.1. The number of rotatable bonds is 1. The molecule has 5 heteroatoms. The van der Waals surface area contributed by atoms with Gasteiger partial charge in [-0.25, -0.2) is 9.37 Å². The number of benzene rings is 1. The molecular weight excluding hydrogens is 321 g/mol. The molecule has 0 bridgehead atoms. The van der Waals surface area contributed by atoms with Crippen LogP contribution in [0.1, 0.15) is 11.1 Å². The van der Waals surface area contributed by atoms with Crippen LogP contribution in [-0.4, -0.2) is 9.38 Å². The number of hydrogen-bond acceptors (Lipinski definition) is 2. The maximum Gasteiger partial charge on any atom is 0.142 e. The summed E-state index contributed by atoms with van der Waals surface area (Å²) in [6, 6.07) is 7.01. The van der Waals surface area contributed by atoms with E-state index in [1.165, 1.54) is 6.07 Å². The van der Waals surface area contributed by atoms with Gasteiger partial charge in [0, 0.05) is 16.2 Å². The largest absolute Gasteiger partial charge is 0.383 e. The maximum atomic E-state index is 13.7. The first kappa shape index (κ1) is 13.1. The van der Waals surface area contributed by atoms with Crippen molar-refractivity contribution in [2.75, 3.05) is 5.73 Å². The van der Waals surface area contributed by atoms with Gasteiger partial charge in [0.05, 0.1) is 0 Å². The molecule has 0 saturated heterocycles. The maximum absolute atomic E-state index is 13.7. The fourth-order valence-corrected chi connectivity index (χ4v) is 2.79. The first-order chi connectivity index (χ1) is 9.47. The minimum atomic E-state index is -0.253. The van der Waals surface area contributed by atoms with Gasteiger partial charge >= 0.3 is 0 Å². The molecule has 3 aromatic rings. The molecule has 2 aromatic heterocycles. The number of anilines is 1. The highest BCUT2D eigenvalue weighted by Gasteiger charge is 2.14. The third-order valence-corrected chi connectivity index (χ3v) is 3.79. The summed E-state index contributed by atoms with van der Waals surface area (Å²) < 4.78 is 16.4. The fourth-order valence-electron chi connectivity index (χ4n) is 2.24. The number of nitrogen functional groups attached to an aromatic ring is 1. The summed E-state index contributed by atoms with van der Waals surface area (Å²) in [6.45, 7) is 3.69. The van der Waals surface area contributed by atoms with Crippen LogP contribution in [0, 0.1) is 19.7 Å². The van der Waals surface area contributed by atoms with Crippen LogP contribution >= 0.6 is 15.9 Å². The van der Waals surface area contributed by atoms with Crippen LogP contribution in [0.25, 0.3) is 16.9 Å². The Kier molecular flexibility index (Phi) is 3.01. The van der Waals surface area contributed by atoms with Crippen LogP contribution in [0.2, 0.25) is 0 Å². The molecule has 20 heavy (non-hydrogen) atoms. The Labute approximate surface area is 124 Å². The highest BCUT2D eigenvalue weighted by atomic mass is 79.9. The lowest BCUT2D eigenvalue weighted by Gasteiger charge is -2.02. The molecule has 1 aromatic carbocycles. The average Bonchev–Trinajstić information content (AvgIpc) is 2.71. The SMILES string of the molecule is Cc1ccc(-c2nc3c(C)cc(Br)cn3c2N)cc1F. The summed E-state index contributed by atoms with van der Waals surface area (Å²) in [7, 11) is 0. The average molecular weight is 334 g/mol. The molecule has 3 nitrogen and oxygen atoms in total. The number of hydrogen-bond donors (Lipinski definition) is 1. The van der Waals surface area contributed by atoms with Crippen molar-refractivity contribution in [3.63, 3.8) is 0 Å². The molecule has 0 fully saturated rings. The first-order valence-electron chi connectivity index (χ1n) is 6.17. The topological polar surface area (TPSA) is 43.3 Å². The molecule has 0 aliphatic carbocycles. The van der Waals surface area contributed by atoms with Crippen molar-refractivity contribution in [2.45, 2.75) is 13.8 Å².